The smallest absolute Gasteiger partial charge is 0.191 e. The van der Waals surface area contributed by atoms with E-state index in [1.807, 2.05) is 0 Å². The van der Waals surface area contributed by atoms with Gasteiger partial charge in [0.2, 0.25) is 0 Å². The molecular weight excluding hydrogens is 433 g/mol. The zero-order chi connectivity index (χ0) is 16.6. The number of piperazine rings is 3. The molecule has 0 aliphatic carbocycles. The Labute approximate surface area is 168 Å². The predicted molar refractivity (Wildman–Crippen MR) is 111 cm³/mol. The third kappa shape index (κ3) is 6.82. The van der Waals surface area contributed by atoms with E-state index in [4.69, 9.17) is 14.5 Å². The Morgan fingerprint density at radius 1 is 1.24 bits per heavy atom. The molecule has 146 valence electrons. The van der Waals surface area contributed by atoms with Crippen LogP contribution in [0.5, 0.6) is 0 Å². The number of halogens is 1. The van der Waals surface area contributed by atoms with Crippen LogP contribution in [0.2, 0.25) is 0 Å². The van der Waals surface area contributed by atoms with Crippen molar-refractivity contribution >= 4 is 29.9 Å². The van der Waals surface area contributed by atoms with Crippen LogP contribution >= 0.6 is 24.0 Å². The molecule has 0 aromatic carbocycles. The van der Waals surface area contributed by atoms with Crippen molar-refractivity contribution in [1.29, 1.82) is 0 Å². The first kappa shape index (κ1) is 21.1. The molecule has 4 aliphatic rings. The fourth-order valence-corrected chi connectivity index (χ4v) is 3.61. The van der Waals surface area contributed by atoms with E-state index < -0.39 is 0 Å². The van der Waals surface area contributed by atoms with Gasteiger partial charge in [0.25, 0.3) is 0 Å². The van der Waals surface area contributed by atoms with E-state index in [0.29, 0.717) is 12.1 Å². The van der Waals surface area contributed by atoms with Gasteiger partial charge in [-0.15, -0.1) is 24.0 Å². The molecule has 0 radical (unpaired) electrons. The molecule has 25 heavy (non-hydrogen) atoms. The second-order valence-electron chi connectivity index (χ2n) is 6.85. The van der Waals surface area contributed by atoms with Gasteiger partial charge in [0.05, 0.1) is 19.3 Å². The SMILES string of the molecule is CCNC(=NCC1CN2CCN1CC2)NCCCOC1CCOC1.I. The van der Waals surface area contributed by atoms with Gasteiger partial charge in [0.1, 0.15) is 0 Å². The largest absolute Gasteiger partial charge is 0.379 e. The number of hydrogen-bond acceptors (Lipinski definition) is 5. The van der Waals surface area contributed by atoms with Crippen molar-refractivity contribution in [3.05, 3.63) is 0 Å². The summed E-state index contributed by atoms with van der Waals surface area (Å²) in [6.45, 7) is 13.2. The van der Waals surface area contributed by atoms with Gasteiger partial charge in [0.15, 0.2) is 5.96 Å². The number of fused-ring (bicyclic) bond motifs is 3. The van der Waals surface area contributed by atoms with Gasteiger partial charge in [-0.1, -0.05) is 0 Å². The Kier molecular flexibility index (Phi) is 9.75. The second kappa shape index (κ2) is 11.5. The predicted octanol–water partition coefficient (Wildman–Crippen LogP) is 0.355. The molecule has 4 saturated heterocycles. The fraction of sp³-hybridized carbons (Fsp3) is 0.941. The summed E-state index contributed by atoms with van der Waals surface area (Å²) in [5.41, 5.74) is 0. The summed E-state index contributed by atoms with van der Waals surface area (Å²) in [6.07, 6.45) is 2.33. The fourth-order valence-electron chi connectivity index (χ4n) is 3.61. The zero-order valence-corrected chi connectivity index (χ0v) is 17.7. The van der Waals surface area contributed by atoms with Crippen molar-refractivity contribution in [3.63, 3.8) is 0 Å². The number of aliphatic imine (C=N–C) groups is 1. The molecule has 2 unspecified atom stereocenters. The van der Waals surface area contributed by atoms with E-state index in [-0.39, 0.29) is 24.0 Å². The molecule has 4 heterocycles. The summed E-state index contributed by atoms with van der Waals surface area (Å²) < 4.78 is 11.1. The first-order valence-electron chi connectivity index (χ1n) is 9.53. The molecule has 7 nitrogen and oxygen atoms in total. The van der Waals surface area contributed by atoms with Gasteiger partial charge >= 0.3 is 0 Å². The van der Waals surface area contributed by atoms with Crippen LogP contribution in [0.1, 0.15) is 19.8 Å². The minimum atomic E-state index is 0. The molecule has 2 N–H and O–H groups in total. The lowest BCUT2D eigenvalue weighted by Gasteiger charge is -2.47. The van der Waals surface area contributed by atoms with Crippen molar-refractivity contribution in [3.8, 4) is 0 Å². The van der Waals surface area contributed by atoms with Crippen molar-refractivity contribution < 1.29 is 9.47 Å². The first-order chi connectivity index (χ1) is 11.8. The van der Waals surface area contributed by atoms with Crippen LogP contribution in [0.25, 0.3) is 0 Å². The highest BCUT2D eigenvalue weighted by atomic mass is 127. The Morgan fingerprint density at radius 3 is 2.72 bits per heavy atom. The van der Waals surface area contributed by atoms with Gasteiger partial charge in [-0.25, -0.2) is 0 Å². The maximum Gasteiger partial charge on any atom is 0.191 e. The van der Waals surface area contributed by atoms with Gasteiger partial charge < -0.3 is 20.1 Å². The lowest BCUT2D eigenvalue weighted by Crippen LogP contribution is -2.62. The maximum absolute atomic E-state index is 5.80. The average molecular weight is 467 g/mol. The molecule has 2 bridgehead atoms. The highest BCUT2D eigenvalue weighted by Gasteiger charge is 2.31. The highest BCUT2D eigenvalue weighted by molar-refractivity contribution is 14.0. The summed E-state index contributed by atoms with van der Waals surface area (Å²) in [5.74, 6) is 0.930. The van der Waals surface area contributed by atoms with Crippen LogP contribution in [0.15, 0.2) is 4.99 Å². The topological polar surface area (TPSA) is 61.4 Å². The van der Waals surface area contributed by atoms with Gasteiger partial charge in [0, 0.05) is 65.1 Å². The normalized spacial score (nSPS) is 31.6. The van der Waals surface area contributed by atoms with E-state index in [0.717, 1.165) is 58.3 Å². The second-order valence-corrected chi connectivity index (χ2v) is 6.85. The minimum absolute atomic E-state index is 0. The number of rotatable bonds is 8. The van der Waals surface area contributed by atoms with Crippen LogP contribution < -0.4 is 10.6 Å². The minimum Gasteiger partial charge on any atom is -0.379 e. The number of ether oxygens (including phenoxy) is 2. The van der Waals surface area contributed by atoms with E-state index in [2.05, 4.69) is 27.4 Å². The van der Waals surface area contributed by atoms with Crippen LogP contribution in [0, 0.1) is 0 Å². The molecule has 0 aromatic rings. The van der Waals surface area contributed by atoms with Crippen LogP contribution in [0.3, 0.4) is 0 Å². The number of hydrogen-bond donors (Lipinski definition) is 2. The molecular formula is C17H34IN5O2. The van der Waals surface area contributed by atoms with Crippen LogP contribution in [0.4, 0.5) is 0 Å². The number of nitrogens with zero attached hydrogens (tertiary/aromatic N) is 3. The van der Waals surface area contributed by atoms with Gasteiger partial charge in [-0.05, 0) is 19.8 Å². The van der Waals surface area contributed by atoms with Crippen molar-refractivity contribution in [2.75, 3.05) is 72.2 Å². The van der Waals surface area contributed by atoms with Crippen molar-refractivity contribution in [2.45, 2.75) is 31.9 Å². The summed E-state index contributed by atoms with van der Waals surface area (Å²) in [4.78, 5) is 9.94. The van der Waals surface area contributed by atoms with E-state index in [9.17, 15) is 0 Å². The monoisotopic (exact) mass is 467 g/mol. The number of guanidine groups is 1. The van der Waals surface area contributed by atoms with E-state index >= 15 is 0 Å². The molecule has 8 heteroatoms. The summed E-state index contributed by atoms with van der Waals surface area (Å²) >= 11 is 0. The molecule has 2 atom stereocenters. The van der Waals surface area contributed by atoms with Crippen LogP contribution in [-0.4, -0.2) is 100 Å². The average Bonchev–Trinajstić information content (AvgIpc) is 3.14. The zero-order valence-electron chi connectivity index (χ0n) is 15.4. The first-order valence-corrected chi connectivity index (χ1v) is 9.53. The number of nitrogens with one attached hydrogen (secondary N) is 2. The Hall–Kier alpha value is -0.160. The lowest BCUT2D eigenvalue weighted by molar-refractivity contribution is 0.0174. The van der Waals surface area contributed by atoms with Gasteiger partial charge in [-0.3, -0.25) is 14.8 Å². The quantitative estimate of drug-likeness (QED) is 0.233. The molecule has 0 aromatic heterocycles. The van der Waals surface area contributed by atoms with Gasteiger partial charge in [-0.2, -0.15) is 0 Å². The van der Waals surface area contributed by atoms with Crippen LogP contribution in [-0.2, 0) is 9.47 Å². The molecule has 4 rings (SSSR count). The summed E-state index contributed by atoms with van der Waals surface area (Å²) in [5, 5.41) is 6.77. The highest BCUT2D eigenvalue weighted by Crippen LogP contribution is 2.15. The Balaban J connectivity index is 0.00000225. The Morgan fingerprint density at radius 2 is 2.08 bits per heavy atom. The summed E-state index contributed by atoms with van der Waals surface area (Å²) in [7, 11) is 0. The molecule has 4 fully saturated rings. The standard InChI is InChI=1S/C17H33N5O2.HI/c1-2-18-17(19-5-3-10-24-16-4-11-23-14-16)20-12-15-13-21-6-8-22(15)9-7-21;/h15-16H,2-14H2,1H3,(H2,18,19,20);1H. The molecule has 0 spiro atoms. The third-order valence-electron chi connectivity index (χ3n) is 5.05. The van der Waals surface area contributed by atoms with Crippen molar-refractivity contribution in [1.82, 2.24) is 20.4 Å². The Bertz CT molecular complexity index is 398. The molecule has 0 saturated carbocycles. The lowest BCUT2D eigenvalue weighted by atomic mass is 10.1. The van der Waals surface area contributed by atoms with Crippen molar-refractivity contribution in [2.24, 2.45) is 4.99 Å². The van der Waals surface area contributed by atoms with E-state index in [1.165, 1.54) is 32.7 Å². The van der Waals surface area contributed by atoms with E-state index in [1.54, 1.807) is 0 Å². The molecule has 4 aliphatic heterocycles. The third-order valence-corrected chi connectivity index (χ3v) is 5.05. The maximum atomic E-state index is 5.80. The molecule has 0 amide bonds. The summed E-state index contributed by atoms with van der Waals surface area (Å²) in [6, 6.07) is 0.577.